The molecule has 0 saturated carbocycles. The van der Waals surface area contributed by atoms with E-state index in [2.05, 4.69) is 5.32 Å². The third kappa shape index (κ3) is 4.48. The molecule has 0 aliphatic carbocycles. The van der Waals surface area contributed by atoms with E-state index in [4.69, 9.17) is 4.74 Å². The Kier molecular flexibility index (Phi) is 5.78. The standard InChI is InChI=1S/C19H21NO2/c1-3-22-18-11-7-6-9-16(18)12-13-19(21)20-14-17-10-5-4-8-15(17)2/h4-13H,3,14H2,1-2H3,(H,20,21)/b13-12+. The van der Waals surface area contributed by atoms with Crippen LogP contribution in [0.25, 0.3) is 6.08 Å². The summed E-state index contributed by atoms with van der Waals surface area (Å²) >= 11 is 0. The highest BCUT2D eigenvalue weighted by molar-refractivity contribution is 5.92. The Morgan fingerprint density at radius 3 is 2.64 bits per heavy atom. The average Bonchev–Trinajstić information content (AvgIpc) is 2.53. The highest BCUT2D eigenvalue weighted by Gasteiger charge is 2.01. The van der Waals surface area contributed by atoms with Gasteiger partial charge in [0.1, 0.15) is 5.75 Å². The molecule has 1 amide bonds. The van der Waals surface area contributed by atoms with Crippen molar-refractivity contribution >= 4 is 12.0 Å². The molecule has 2 aromatic carbocycles. The Morgan fingerprint density at radius 2 is 1.86 bits per heavy atom. The molecule has 114 valence electrons. The number of hydrogen-bond acceptors (Lipinski definition) is 2. The van der Waals surface area contributed by atoms with Gasteiger partial charge in [-0.1, -0.05) is 42.5 Å². The van der Waals surface area contributed by atoms with Gasteiger partial charge < -0.3 is 10.1 Å². The van der Waals surface area contributed by atoms with Crippen molar-refractivity contribution in [1.29, 1.82) is 0 Å². The molecule has 0 spiro atoms. The minimum absolute atomic E-state index is 0.116. The summed E-state index contributed by atoms with van der Waals surface area (Å²) in [7, 11) is 0. The quantitative estimate of drug-likeness (QED) is 0.825. The molecule has 1 N–H and O–H groups in total. The van der Waals surface area contributed by atoms with Gasteiger partial charge in [0.25, 0.3) is 0 Å². The number of amides is 1. The topological polar surface area (TPSA) is 38.3 Å². The fourth-order valence-corrected chi connectivity index (χ4v) is 2.12. The van der Waals surface area contributed by atoms with E-state index in [0.29, 0.717) is 13.2 Å². The van der Waals surface area contributed by atoms with Crippen LogP contribution in [0.15, 0.2) is 54.6 Å². The van der Waals surface area contributed by atoms with Crippen molar-refractivity contribution in [3.8, 4) is 5.75 Å². The zero-order chi connectivity index (χ0) is 15.8. The Balaban J connectivity index is 1.96. The average molecular weight is 295 g/mol. The summed E-state index contributed by atoms with van der Waals surface area (Å²) in [5, 5.41) is 2.89. The number of hydrogen-bond donors (Lipinski definition) is 1. The predicted octanol–water partition coefficient (Wildman–Crippen LogP) is 3.72. The highest BCUT2D eigenvalue weighted by atomic mass is 16.5. The Morgan fingerprint density at radius 1 is 1.14 bits per heavy atom. The summed E-state index contributed by atoms with van der Waals surface area (Å²) in [6.07, 6.45) is 3.31. The van der Waals surface area contributed by atoms with Crippen LogP contribution in [0.1, 0.15) is 23.6 Å². The number of carbonyl (C=O) groups excluding carboxylic acids is 1. The minimum atomic E-state index is -0.116. The molecular formula is C19H21NO2. The second kappa shape index (κ2) is 8.03. The van der Waals surface area contributed by atoms with Gasteiger partial charge in [0.05, 0.1) is 6.61 Å². The van der Waals surface area contributed by atoms with Gasteiger partial charge in [-0.25, -0.2) is 0 Å². The van der Waals surface area contributed by atoms with E-state index < -0.39 is 0 Å². The third-order valence-electron chi connectivity index (χ3n) is 3.35. The van der Waals surface area contributed by atoms with Crippen LogP contribution in [0.2, 0.25) is 0 Å². The van der Waals surface area contributed by atoms with Gasteiger partial charge in [-0.3, -0.25) is 4.79 Å². The molecule has 0 aliphatic heterocycles. The van der Waals surface area contributed by atoms with E-state index in [0.717, 1.165) is 16.9 Å². The first-order chi connectivity index (χ1) is 10.7. The van der Waals surface area contributed by atoms with Gasteiger partial charge in [0.2, 0.25) is 5.91 Å². The summed E-state index contributed by atoms with van der Waals surface area (Å²) in [4.78, 5) is 11.9. The van der Waals surface area contributed by atoms with Crippen LogP contribution < -0.4 is 10.1 Å². The first-order valence-electron chi connectivity index (χ1n) is 7.43. The van der Waals surface area contributed by atoms with Gasteiger partial charge in [0, 0.05) is 18.2 Å². The molecule has 0 radical (unpaired) electrons. The number of ether oxygens (including phenoxy) is 1. The Hall–Kier alpha value is -2.55. The lowest BCUT2D eigenvalue weighted by molar-refractivity contribution is -0.116. The minimum Gasteiger partial charge on any atom is -0.493 e. The second-order valence-electron chi connectivity index (χ2n) is 4.95. The molecule has 22 heavy (non-hydrogen) atoms. The lowest BCUT2D eigenvalue weighted by atomic mass is 10.1. The van der Waals surface area contributed by atoms with E-state index >= 15 is 0 Å². The van der Waals surface area contributed by atoms with Crippen molar-refractivity contribution in [2.75, 3.05) is 6.61 Å². The summed E-state index contributed by atoms with van der Waals surface area (Å²) in [5.74, 6) is 0.669. The first kappa shape index (κ1) is 15.8. The summed E-state index contributed by atoms with van der Waals surface area (Å²) in [6, 6.07) is 15.7. The molecule has 0 bridgehead atoms. The van der Waals surface area contributed by atoms with Gasteiger partial charge in [-0.15, -0.1) is 0 Å². The zero-order valence-corrected chi connectivity index (χ0v) is 13.0. The van der Waals surface area contributed by atoms with Crippen molar-refractivity contribution in [1.82, 2.24) is 5.32 Å². The van der Waals surface area contributed by atoms with Crippen molar-refractivity contribution < 1.29 is 9.53 Å². The van der Waals surface area contributed by atoms with Crippen molar-refractivity contribution in [2.45, 2.75) is 20.4 Å². The lowest BCUT2D eigenvalue weighted by Gasteiger charge is -2.07. The molecular weight excluding hydrogens is 274 g/mol. The van der Waals surface area contributed by atoms with Crippen LogP contribution in [-0.2, 0) is 11.3 Å². The Bertz CT molecular complexity index is 662. The van der Waals surface area contributed by atoms with E-state index in [-0.39, 0.29) is 5.91 Å². The third-order valence-corrected chi connectivity index (χ3v) is 3.35. The normalized spacial score (nSPS) is 10.6. The molecule has 2 rings (SSSR count). The largest absolute Gasteiger partial charge is 0.493 e. The second-order valence-corrected chi connectivity index (χ2v) is 4.95. The highest BCUT2D eigenvalue weighted by Crippen LogP contribution is 2.19. The summed E-state index contributed by atoms with van der Waals surface area (Å²) < 4.78 is 5.53. The van der Waals surface area contributed by atoms with Gasteiger partial charge in [0.15, 0.2) is 0 Å². The maximum Gasteiger partial charge on any atom is 0.244 e. The molecule has 0 aliphatic rings. The molecule has 0 atom stereocenters. The van der Waals surface area contributed by atoms with Crippen LogP contribution in [-0.4, -0.2) is 12.5 Å². The van der Waals surface area contributed by atoms with Crippen molar-refractivity contribution in [3.63, 3.8) is 0 Å². The van der Waals surface area contributed by atoms with Crippen LogP contribution in [0.4, 0.5) is 0 Å². The number of aryl methyl sites for hydroxylation is 1. The monoisotopic (exact) mass is 295 g/mol. The lowest BCUT2D eigenvalue weighted by Crippen LogP contribution is -2.20. The van der Waals surface area contributed by atoms with E-state index in [9.17, 15) is 4.79 Å². The smallest absolute Gasteiger partial charge is 0.244 e. The summed E-state index contributed by atoms with van der Waals surface area (Å²) in [5.41, 5.74) is 3.20. The molecule has 0 unspecified atom stereocenters. The summed E-state index contributed by atoms with van der Waals surface area (Å²) in [6.45, 7) is 5.11. The van der Waals surface area contributed by atoms with Crippen LogP contribution in [0.5, 0.6) is 5.75 Å². The van der Waals surface area contributed by atoms with Gasteiger partial charge >= 0.3 is 0 Å². The first-order valence-corrected chi connectivity index (χ1v) is 7.43. The van der Waals surface area contributed by atoms with E-state index in [1.165, 1.54) is 11.6 Å². The van der Waals surface area contributed by atoms with Gasteiger partial charge in [-0.05, 0) is 37.1 Å². The maximum atomic E-state index is 11.9. The maximum absolute atomic E-state index is 11.9. The Labute approximate surface area is 131 Å². The molecule has 3 nitrogen and oxygen atoms in total. The number of benzene rings is 2. The number of rotatable bonds is 6. The SMILES string of the molecule is CCOc1ccccc1/C=C/C(=O)NCc1ccccc1C. The molecule has 0 aromatic heterocycles. The van der Waals surface area contributed by atoms with Crippen LogP contribution >= 0.6 is 0 Å². The number of para-hydroxylation sites is 1. The zero-order valence-electron chi connectivity index (χ0n) is 13.0. The van der Waals surface area contributed by atoms with Gasteiger partial charge in [-0.2, -0.15) is 0 Å². The fourth-order valence-electron chi connectivity index (χ4n) is 2.12. The van der Waals surface area contributed by atoms with E-state index in [1.54, 1.807) is 6.08 Å². The number of carbonyl (C=O) groups is 1. The molecule has 2 aromatic rings. The fraction of sp³-hybridized carbons (Fsp3) is 0.211. The molecule has 0 heterocycles. The number of nitrogens with one attached hydrogen (secondary N) is 1. The van der Waals surface area contributed by atoms with E-state index in [1.807, 2.05) is 62.4 Å². The van der Waals surface area contributed by atoms with Crippen LogP contribution in [0.3, 0.4) is 0 Å². The predicted molar refractivity (Wildman–Crippen MR) is 89.7 cm³/mol. The molecule has 0 fully saturated rings. The molecule has 0 saturated heterocycles. The van der Waals surface area contributed by atoms with Crippen molar-refractivity contribution in [3.05, 3.63) is 71.3 Å². The van der Waals surface area contributed by atoms with Crippen LogP contribution in [0, 0.1) is 6.92 Å². The molecule has 3 heteroatoms. The van der Waals surface area contributed by atoms with Crippen molar-refractivity contribution in [2.24, 2.45) is 0 Å².